The molecule has 1 saturated heterocycles. The second-order valence-corrected chi connectivity index (χ2v) is 6.68. The maximum atomic E-state index is 12.3. The van der Waals surface area contributed by atoms with Crippen molar-refractivity contribution in [1.82, 2.24) is 5.32 Å². The average molecular weight is 327 g/mol. The van der Waals surface area contributed by atoms with E-state index in [2.05, 4.69) is 5.32 Å². The van der Waals surface area contributed by atoms with Gasteiger partial charge in [-0.15, -0.1) is 0 Å². The largest absolute Gasteiger partial charge is 0.508 e. The first-order valence-electron chi connectivity index (χ1n) is 8.02. The van der Waals surface area contributed by atoms with Gasteiger partial charge in [-0.25, -0.2) is 0 Å². The van der Waals surface area contributed by atoms with Crippen molar-refractivity contribution in [2.75, 3.05) is 0 Å². The number of hydrogen-bond acceptors (Lipinski definition) is 5. The SMILES string of the molecule is O=C(CCc1ccc(O)cc1)OC12C=CC(C1)C1C(=O)NC(=O)C12. The number of phenolic OH excluding ortho intramolecular Hbond substituents is 1. The number of benzene rings is 1. The normalized spacial score (nSPS) is 32.8. The van der Waals surface area contributed by atoms with Gasteiger partial charge in [0.05, 0.1) is 11.8 Å². The molecule has 3 aliphatic rings. The van der Waals surface area contributed by atoms with Gasteiger partial charge in [-0.1, -0.05) is 18.2 Å². The molecule has 6 nitrogen and oxygen atoms in total. The van der Waals surface area contributed by atoms with Gasteiger partial charge in [0.15, 0.2) is 0 Å². The molecule has 1 aliphatic heterocycles. The van der Waals surface area contributed by atoms with Crippen LogP contribution in [0.4, 0.5) is 0 Å². The lowest BCUT2D eigenvalue weighted by Gasteiger charge is -2.29. The zero-order valence-electron chi connectivity index (χ0n) is 12.9. The number of phenols is 1. The summed E-state index contributed by atoms with van der Waals surface area (Å²) in [6.45, 7) is 0. The van der Waals surface area contributed by atoms with Gasteiger partial charge in [-0.2, -0.15) is 0 Å². The molecule has 1 saturated carbocycles. The highest BCUT2D eigenvalue weighted by molar-refractivity contribution is 6.07. The quantitative estimate of drug-likeness (QED) is 0.490. The molecule has 2 amide bonds. The van der Waals surface area contributed by atoms with Gasteiger partial charge >= 0.3 is 5.97 Å². The van der Waals surface area contributed by atoms with Gasteiger partial charge in [-0.05, 0) is 42.5 Å². The fourth-order valence-corrected chi connectivity index (χ4v) is 4.14. The van der Waals surface area contributed by atoms with Crippen LogP contribution in [0.2, 0.25) is 0 Å². The minimum absolute atomic E-state index is 0.0358. The molecule has 2 fully saturated rings. The van der Waals surface area contributed by atoms with Gasteiger partial charge in [0.2, 0.25) is 11.8 Å². The van der Waals surface area contributed by atoms with E-state index in [0.717, 1.165) is 5.56 Å². The molecule has 1 heterocycles. The van der Waals surface area contributed by atoms with Crippen LogP contribution >= 0.6 is 0 Å². The number of nitrogens with one attached hydrogen (secondary N) is 1. The molecule has 2 bridgehead atoms. The number of aromatic hydroxyl groups is 1. The van der Waals surface area contributed by atoms with E-state index in [1.54, 1.807) is 30.3 Å². The predicted molar refractivity (Wildman–Crippen MR) is 82.6 cm³/mol. The molecule has 0 spiro atoms. The Labute approximate surface area is 138 Å². The van der Waals surface area contributed by atoms with Gasteiger partial charge in [0.25, 0.3) is 0 Å². The van der Waals surface area contributed by atoms with E-state index in [-0.39, 0.29) is 35.9 Å². The number of fused-ring (bicyclic) bond motifs is 5. The van der Waals surface area contributed by atoms with Crippen molar-refractivity contribution in [1.29, 1.82) is 0 Å². The number of allylic oxidation sites excluding steroid dienone is 1. The second kappa shape index (κ2) is 5.19. The topological polar surface area (TPSA) is 92.7 Å². The predicted octanol–water partition coefficient (Wildman–Crippen LogP) is 1.09. The Morgan fingerprint density at radius 3 is 2.75 bits per heavy atom. The lowest BCUT2D eigenvalue weighted by Crippen LogP contribution is -2.42. The maximum Gasteiger partial charge on any atom is 0.307 e. The van der Waals surface area contributed by atoms with E-state index in [9.17, 15) is 19.5 Å². The van der Waals surface area contributed by atoms with E-state index < -0.39 is 17.4 Å². The van der Waals surface area contributed by atoms with Crippen LogP contribution in [0.15, 0.2) is 36.4 Å². The van der Waals surface area contributed by atoms with Crippen molar-refractivity contribution in [3.8, 4) is 5.75 Å². The van der Waals surface area contributed by atoms with E-state index in [4.69, 9.17) is 4.74 Å². The molecule has 1 aromatic carbocycles. The van der Waals surface area contributed by atoms with E-state index in [1.165, 1.54) is 0 Å². The number of amides is 2. The summed E-state index contributed by atoms with van der Waals surface area (Å²) in [6.07, 6.45) is 4.83. The van der Waals surface area contributed by atoms with Crippen LogP contribution in [0.5, 0.6) is 5.75 Å². The number of carbonyl (C=O) groups excluding carboxylic acids is 3. The molecule has 4 rings (SSSR count). The summed E-state index contributed by atoms with van der Waals surface area (Å²) in [5, 5.41) is 11.6. The first kappa shape index (κ1) is 14.9. The summed E-state index contributed by atoms with van der Waals surface area (Å²) < 4.78 is 5.68. The van der Waals surface area contributed by atoms with E-state index >= 15 is 0 Å². The van der Waals surface area contributed by atoms with Gasteiger partial charge in [0.1, 0.15) is 11.4 Å². The lowest BCUT2D eigenvalue weighted by molar-refractivity contribution is -0.160. The summed E-state index contributed by atoms with van der Waals surface area (Å²) in [4.78, 5) is 36.2. The number of imide groups is 1. The highest BCUT2D eigenvalue weighted by Crippen LogP contribution is 2.55. The smallest absolute Gasteiger partial charge is 0.307 e. The summed E-state index contributed by atoms with van der Waals surface area (Å²) in [7, 11) is 0. The van der Waals surface area contributed by atoms with Crippen molar-refractivity contribution >= 4 is 17.8 Å². The first-order valence-corrected chi connectivity index (χ1v) is 8.02. The Bertz CT molecular complexity index is 753. The maximum absolute atomic E-state index is 12.3. The minimum Gasteiger partial charge on any atom is -0.508 e. The minimum atomic E-state index is -0.975. The molecule has 4 atom stereocenters. The molecule has 6 heteroatoms. The Morgan fingerprint density at radius 1 is 1.25 bits per heavy atom. The van der Waals surface area contributed by atoms with Crippen LogP contribution < -0.4 is 5.32 Å². The molecule has 0 aromatic heterocycles. The zero-order chi connectivity index (χ0) is 16.9. The second-order valence-electron chi connectivity index (χ2n) is 6.68. The van der Waals surface area contributed by atoms with Crippen LogP contribution in [0.3, 0.4) is 0 Å². The number of aryl methyl sites for hydroxylation is 1. The van der Waals surface area contributed by atoms with Crippen LogP contribution in [0.25, 0.3) is 0 Å². The van der Waals surface area contributed by atoms with Crippen molar-refractivity contribution in [3.05, 3.63) is 42.0 Å². The lowest BCUT2D eigenvalue weighted by atomic mass is 9.82. The van der Waals surface area contributed by atoms with E-state index in [0.29, 0.717) is 12.8 Å². The van der Waals surface area contributed by atoms with Crippen molar-refractivity contribution in [2.45, 2.75) is 24.9 Å². The van der Waals surface area contributed by atoms with Crippen LogP contribution in [0, 0.1) is 17.8 Å². The third kappa shape index (κ3) is 2.21. The summed E-state index contributed by atoms with van der Waals surface area (Å²) >= 11 is 0. The summed E-state index contributed by atoms with van der Waals surface area (Å²) in [6, 6.07) is 6.64. The molecule has 24 heavy (non-hydrogen) atoms. The fraction of sp³-hybridized carbons (Fsp3) is 0.389. The molecule has 4 unspecified atom stereocenters. The highest BCUT2D eigenvalue weighted by atomic mass is 16.6. The first-order chi connectivity index (χ1) is 11.5. The Hall–Kier alpha value is -2.63. The standard InChI is InChI=1S/C18H17NO5/c20-12-4-1-10(2-5-12)3-6-13(21)24-18-8-7-11(9-18)14-15(18)17(23)19-16(14)22/h1-2,4-5,7-8,11,14-15,20H,3,6,9H2,(H,19,22,23). The van der Waals surface area contributed by atoms with Crippen LogP contribution in [-0.2, 0) is 25.5 Å². The third-order valence-corrected chi connectivity index (χ3v) is 5.22. The Kier molecular flexibility index (Phi) is 3.23. The number of rotatable bonds is 4. The van der Waals surface area contributed by atoms with Gasteiger partial charge in [-0.3, -0.25) is 19.7 Å². The van der Waals surface area contributed by atoms with Gasteiger partial charge < -0.3 is 9.84 Å². The molecule has 2 N–H and O–H groups in total. The van der Waals surface area contributed by atoms with Crippen molar-refractivity contribution in [2.24, 2.45) is 17.8 Å². The number of esters is 1. The van der Waals surface area contributed by atoms with Crippen molar-refractivity contribution < 1.29 is 24.2 Å². The van der Waals surface area contributed by atoms with Gasteiger partial charge in [0, 0.05) is 6.42 Å². The summed E-state index contributed by atoms with van der Waals surface area (Å²) in [5.74, 6) is -1.86. The zero-order valence-corrected chi connectivity index (χ0v) is 12.9. The Morgan fingerprint density at radius 2 is 2.00 bits per heavy atom. The number of ether oxygens (including phenoxy) is 1. The monoisotopic (exact) mass is 327 g/mol. The third-order valence-electron chi connectivity index (χ3n) is 5.22. The molecule has 124 valence electrons. The molecule has 2 aliphatic carbocycles. The fourth-order valence-electron chi connectivity index (χ4n) is 4.14. The highest BCUT2D eigenvalue weighted by Gasteiger charge is 2.65. The number of carbonyl (C=O) groups is 3. The van der Waals surface area contributed by atoms with Crippen LogP contribution in [0.1, 0.15) is 18.4 Å². The van der Waals surface area contributed by atoms with Crippen LogP contribution in [-0.4, -0.2) is 28.5 Å². The Balaban J connectivity index is 1.44. The van der Waals surface area contributed by atoms with E-state index in [1.807, 2.05) is 6.08 Å². The number of hydrogen-bond donors (Lipinski definition) is 2. The molecule has 1 aromatic rings. The molecular formula is C18H17NO5. The summed E-state index contributed by atoms with van der Waals surface area (Å²) in [5.41, 5.74) is -0.0578. The average Bonchev–Trinajstić information content (AvgIpc) is 3.18. The molecular weight excluding hydrogens is 310 g/mol. The van der Waals surface area contributed by atoms with Crippen molar-refractivity contribution in [3.63, 3.8) is 0 Å². The molecule has 0 radical (unpaired) electrons.